The van der Waals surface area contributed by atoms with Gasteiger partial charge in [0.25, 0.3) is 0 Å². The fraction of sp³-hybridized carbons (Fsp3) is 0.158. The first-order valence-corrected chi connectivity index (χ1v) is 6.50. The molecule has 1 N–H and O–H groups in total. The Balaban J connectivity index is 2.02. The summed E-state index contributed by atoms with van der Waals surface area (Å²) in [5.74, 6) is 11.8. The fourth-order valence-electron chi connectivity index (χ4n) is 1.61. The molecule has 2 aromatic carbocycles. The highest BCUT2D eigenvalue weighted by Gasteiger charge is 2.14. The first kappa shape index (κ1) is 13.9. The normalized spacial score (nSPS) is 12.3. The van der Waals surface area contributed by atoms with Crippen LogP contribution in [-0.4, -0.2) is 10.7 Å². The summed E-state index contributed by atoms with van der Waals surface area (Å²) in [6, 6.07) is 19.3. The van der Waals surface area contributed by atoms with Crippen LogP contribution in [0.15, 0.2) is 60.7 Å². The molecule has 2 aromatic rings. The van der Waals surface area contributed by atoms with Gasteiger partial charge in [0.2, 0.25) is 0 Å². The Bertz CT molecular complexity index is 662. The Morgan fingerprint density at radius 1 is 0.850 bits per heavy atom. The molecule has 0 aliphatic rings. The van der Waals surface area contributed by atoms with Crippen molar-refractivity contribution in [2.75, 3.05) is 0 Å². The average molecular weight is 260 g/mol. The van der Waals surface area contributed by atoms with Crippen LogP contribution < -0.4 is 0 Å². The molecule has 0 fully saturated rings. The van der Waals surface area contributed by atoms with Crippen LogP contribution in [0.5, 0.6) is 0 Å². The molecule has 0 bridgehead atoms. The fourth-order valence-corrected chi connectivity index (χ4v) is 1.61. The Morgan fingerprint density at radius 3 is 1.90 bits per heavy atom. The highest BCUT2D eigenvalue weighted by Crippen LogP contribution is 2.07. The molecular weight excluding hydrogens is 244 g/mol. The van der Waals surface area contributed by atoms with Gasteiger partial charge in [-0.05, 0) is 31.2 Å². The van der Waals surface area contributed by atoms with Crippen LogP contribution in [0.1, 0.15) is 24.5 Å². The summed E-state index contributed by atoms with van der Waals surface area (Å²) < 4.78 is 0. The van der Waals surface area contributed by atoms with Crippen LogP contribution >= 0.6 is 0 Å². The third kappa shape index (κ3) is 4.65. The summed E-state index contributed by atoms with van der Waals surface area (Å²) >= 11 is 0. The second-order valence-electron chi connectivity index (χ2n) is 4.73. The number of benzene rings is 2. The quantitative estimate of drug-likeness (QED) is 0.780. The molecule has 0 saturated heterocycles. The van der Waals surface area contributed by atoms with Crippen molar-refractivity contribution in [1.29, 1.82) is 0 Å². The van der Waals surface area contributed by atoms with Gasteiger partial charge in [-0.25, -0.2) is 0 Å². The van der Waals surface area contributed by atoms with Gasteiger partial charge in [-0.15, -0.1) is 0 Å². The summed E-state index contributed by atoms with van der Waals surface area (Å²) in [5, 5.41) is 10.2. The van der Waals surface area contributed by atoms with Gasteiger partial charge in [0.1, 0.15) is 5.60 Å². The molecule has 2 rings (SSSR count). The van der Waals surface area contributed by atoms with Crippen LogP contribution in [0.2, 0.25) is 0 Å². The maximum Gasteiger partial charge on any atom is 0.133 e. The molecule has 0 saturated carbocycles. The second kappa shape index (κ2) is 6.62. The monoisotopic (exact) mass is 260 g/mol. The Labute approximate surface area is 120 Å². The van der Waals surface area contributed by atoms with Gasteiger partial charge in [0.05, 0.1) is 0 Å². The first-order chi connectivity index (χ1) is 9.66. The zero-order chi connectivity index (χ0) is 14.3. The smallest absolute Gasteiger partial charge is 0.133 e. The maximum absolute atomic E-state index is 10.2. The van der Waals surface area contributed by atoms with Crippen LogP contribution in [0.25, 0.3) is 0 Å². The van der Waals surface area contributed by atoms with E-state index in [0.717, 1.165) is 11.1 Å². The SMILES string of the molecule is CC(O)(C#Cc1ccccc1)CC#Cc1ccccc1. The predicted octanol–water partition coefficient (Wildman–Crippen LogP) is 3.23. The van der Waals surface area contributed by atoms with E-state index in [0.29, 0.717) is 6.42 Å². The third-order valence-electron chi connectivity index (χ3n) is 2.69. The van der Waals surface area contributed by atoms with E-state index in [1.54, 1.807) is 6.92 Å². The van der Waals surface area contributed by atoms with Gasteiger partial charge in [0, 0.05) is 17.5 Å². The molecule has 20 heavy (non-hydrogen) atoms. The minimum Gasteiger partial charge on any atom is -0.377 e. The van der Waals surface area contributed by atoms with E-state index >= 15 is 0 Å². The molecule has 0 spiro atoms. The Morgan fingerprint density at radius 2 is 1.35 bits per heavy atom. The summed E-state index contributed by atoms with van der Waals surface area (Å²) in [5.41, 5.74) is 0.737. The van der Waals surface area contributed by atoms with Crippen molar-refractivity contribution in [3.05, 3.63) is 71.8 Å². The standard InChI is InChI=1S/C19H16O/c1-19(20,16-14-18-11-6-3-7-12-18)15-8-13-17-9-4-2-5-10-17/h2-7,9-12,20H,15H2,1H3. The minimum absolute atomic E-state index is 0.321. The van der Waals surface area contributed by atoms with Crippen molar-refractivity contribution < 1.29 is 5.11 Å². The van der Waals surface area contributed by atoms with Crippen LogP contribution in [-0.2, 0) is 0 Å². The summed E-state index contributed by atoms with van der Waals surface area (Å²) in [6.07, 6.45) is 0.321. The number of aliphatic hydroxyl groups is 1. The average Bonchev–Trinajstić information content (AvgIpc) is 2.47. The molecule has 98 valence electrons. The number of hydrogen-bond acceptors (Lipinski definition) is 1. The van der Waals surface area contributed by atoms with Crippen LogP contribution in [0.4, 0.5) is 0 Å². The predicted molar refractivity (Wildman–Crippen MR) is 81.9 cm³/mol. The van der Waals surface area contributed by atoms with E-state index in [1.807, 2.05) is 60.7 Å². The summed E-state index contributed by atoms with van der Waals surface area (Å²) in [7, 11) is 0. The van der Waals surface area contributed by atoms with Crippen molar-refractivity contribution in [3.8, 4) is 23.7 Å². The van der Waals surface area contributed by atoms with Gasteiger partial charge in [0.15, 0.2) is 0 Å². The third-order valence-corrected chi connectivity index (χ3v) is 2.69. The second-order valence-corrected chi connectivity index (χ2v) is 4.73. The molecule has 1 atom stereocenters. The van der Waals surface area contributed by atoms with E-state index in [1.165, 1.54) is 0 Å². The van der Waals surface area contributed by atoms with E-state index < -0.39 is 5.60 Å². The maximum atomic E-state index is 10.2. The van der Waals surface area contributed by atoms with E-state index in [-0.39, 0.29) is 0 Å². The highest BCUT2D eigenvalue weighted by atomic mass is 16.3. The topological polar surface area (TPSA) is 20.2 Å². The van der Waals surface area contributed by atoms with Gasteiger partial charge in [-0.2, -0.15) is 0 Å². The molecule has 0 aromatic heterocycles. The summed E-state index contributed by atoms with van der Waals surface area (Å²) in [4.78, 5) is 0. The lowest BCUT2D eigenvalue weighted by Gasteiger charge is -2.11. The molecule has 0 aliphatic carbocycles. The first-order valence-electron chi connectivity index (χ1n) is 6.50. The molecule has 1 nitrogen and oxygen atoms in total. The van der Waals surface area contributed by atoms with Gasteiger partial charge in [-0.1, -0.05) is 60.1 Å². The zero-order valence-electron chi connectivity index (χ0n) is 11.4. The molecule has 1 unspecified atom stereocenters. The number of hydrogen-bond donors (Lipinski definition) is 1. The Hall–Kier alpha value is -2.48. The van der Waals surface area contributed by atoms with Gasteiger partial charge in [-0.3, -0.25) is 0 Å². The van der Waals surface area contributed by atoms with E-state index in [4.69, 9.17) is 0 Å². The van der Waals surface area contributed by atoms with Crippen LogP contribution in [0.3, 0.4) is 0 Å². The largest absolute Gasteiger partial charge is 0.377 e. The van der Waals surface area contributed by atoms with Crippen molar-refractivity contribution in [2.45, 2.75) is 18.9 Å². The lowest BCUT2D eigenvalue weighted by atomic mass is 10.0. The molecule has 0 heterocycles. The lowest BCUT2D eigenvalue weighted by molar-refractivity contribution is 0.128. The van der Waals surface area contributed by atoms with E-state index in [2.05, 4.69) is 23.7 Å². The lowest BCUT2D eigenvalue weighted by Crippen LogP contribution is -2.20. The molecule has 0 radical (unpaired) electrons. The van der Waals surface area contributed by atoms with Crippen LogP contribution in [0, 0.1) is 23.7 Å². The summed E-state index contributed by atoms with van der Waals surface area (Å²) in [6.45, 7) is 1.68. The van der Waals surface area contributed by atoms with Crippen molar-refractivity contribution in [3.63, 3.8) is 0 Å². The zero-order valence-corrected chi connectivity index (χ0v) is 11.4. The minimum atomic E-state index is -1.10. The number of rotatable bonds is 1. The molecular formula is C19H16O. The van der Waals surface area contributed by atoms with Gasteiger partial charge >= 0.3 is 0 Å². The molecule has 0 aliphatic heterocycles. The van der Waals surface area contributed by atoms with Crippen molar-refractivity contribution in [2.24, 2.45) is 0 Å². The van der Waals surface area contributed by atoms with E-state index in [9.17, 15) is 5.11 Å². The van der Waals surface area contributed by atoms with Crippen molar-refractivity contribution in [1.82, 2.24) is 0 Å². The molecule has 0 amide bonds. The van der Waals surface area contributed by atoms with Gasteiger partial charge < -0.3 is 5.11 Å². The highest BCUT2D eigenvalue weighted by molar-refractivity contribution is 5.37. The Kier molecular flexibility index (Phi) is 4.61. The molecule has 1 heteroatoms. The van der Waals surface area contributed by atoms with Crippen molar-refractivity contribution >= 4 is 0 Å².